The molecule has 0 heterocycles. The largest absolute Gasteiger partial charge is 0.507 e. The van der Waals surface area contributed by atoms with Crippen molar-refractivity contribution in [2.45, 2.75) is 39.2 Å². The molecule has 1 saturated carbocycles. The molecule has 0 radical (unpaired) electrons. The number of aromatic hydroxyl groups is 1. The van der Waals surface area contributed by atoms with Gasteiger partial charge in [0, 0.05) is 12.6 Å². The summed E-state index contributed by atoms with van der Waals surface area (Å²) < 4.78 is 5.48. The lowest BCUT2D eigenvalue weighted by atomic mass is 10.0. The second kappa shape index (κ2) is 8.78. The molecule has 3 N–H and O–H groups in total. The van der Waals surface area contributed by atoms with E-state index in [1.807, 2.05) is 37.3 Å². The summed E-state index contributed by atoms with van der Waals surface area (Å²) in [6.45, 7) is 4.16. The lowest BCUT2D eigenvalue weighted by molar-refractivity contribution is -0.123. The number of carbonyl (C=O) groups is 2. The monoisotopic (exact) mass is 382 g/mol. The number of hydrogen-bond donors (Lipinski definition) is 3. The molecule has 28 heavy (non-hydrogen) atoms. The van der Waals surface area contributed by atoms with E-state index < -0.39 is 0 Å². The summed E-state index contributed by atoms with van der Waals surface area (Å²) in [5.74, 6) is 0.287. The summed E-state index contributed by atoms with van der Waals surface area (Å²) in [7, 11) is 0. The van der Waals surface area contributed by atoms with Gasteiger partial charge in [-0.2, -0.15) is 0 Å². The van der Waals surface area contributed by atoms with Crippen LogP contribution >= 0.6 is 0 Å². The van der Waals surface area contributed by atoms with Crippen molar-refractivity contribution in [3.05, 3.63) is 58.7 Å². The third kappa shape index (κ3) is 5.25. The van der Waals surface area contributed by atoms with Crippen LogP contribution in [-0.4, -0.2) is 36.1 Å². The highest BCUT2D eigenvalue weighted by molar-refractivity contribution is 5.97. The predicted octanol–water partition coefficient (Wildman–Crippen LogP) is 2.64. The highest BCUT2D eigenvalue weighted by Crippen LogP contribution is 2.24. The van der Waals surface area contributed by atoms with Crippen LogP contribution in [0.2, 0.25) is 0 Å². The van der Waals surface area contributed by atoms with Gasteiger partial charge >= 0.3 is 0 Å². The van der Waals surface area contributed by atoms with E-state index in [-0.39, 0.29) is 29.7 Å². The molecule has 0 aromatic heterocycles. The molecule has 2 aromatic carbocycles. The van der Waals surface area contributed by atoms with Gasteiger partial charge in [-0.3, -0.25) is 9.59 Å². The predicted molar refractivity (Wildman–Crippen MR) is 107 cm³/mol. The molecule has 2 aromatic rings. The molecule has 0 atom stereocenters. The van der Waals surface area contributed by atoms with Crippen molar-refractivity contribution in [1.29, 1.82) is 0 Å². The minimum atomic E-state index is -0.290. The van der Waals surface area contributed by atoms with Crippen molar-refractivity contribution in [2.24, 2.45) is 0 Å². The molecule has 0 spiro atoms. The first-order chi connectivity index (χ1) is 13.4. The zero-order valence-electron chi connectivity index (χ0n) is 16.2. The molecule has 1 aliphatic carbocycles. The first kappa shape index (κ1) is 19.7. The molecule has 2 amide bonds. The van der Waals surface area contributed by atoms with Crippen LogP contribution in [0.1, 0.15) is 39.9 Å². The van der Waals surface area contributed by atoms with E-state index in [2.05, 4.69) is 10.6 Å². The van der Waals surface area contributed by atoms with Gasteiger partial charge in [-0.15, -0.1) is 0 Å². The van der Waals surface area contributed by atoms with Crippen molar-refractivity contribution in [1.82, 2.24) is 10.6 Å². The van der Waals surface area contributed by atoms with E-state index >= 15 is 0 Å². The molecule has 6 nitrogen and oxygen atoms in total. The van der Waals surface area contributed by atoms with E-state index in [1.54, 1.807) is 13.0 Å². The maximum Gasteiger partial charge on any atom is 0.258 e. The summed E-state index contributed by atoms with van der Waals surface area (Å²) in [6.07, 6.45) is 2.76. The van der Waals surface area contributed by atoms with Crippen molar-refractivity contribution >= 4 is 11.8 Å². The van der Waals surface area contributed by atoms with Gasteiger partial charge in [-0.05, 0) is 68.0 Å². The number of nitrogens with one attached hydrogen (secondary N) is 2. The second-order valence-electron chi connectivity index (χ2n) is 7.18. The number of rotatable bonds is 8. The Labute approximate surface area is 164 Å². The van der Waals surface area contributed by atoms with E-state index in [9.17, 15) is 14.7 Å². The van der Waals surface area contributed by atoms with Crippen molar-refractivity contribution in [3.63, 3.8) is 0 Å². The maximum atomic E-state index is 12.3. The van der Waals surface area contributed by atoms with Crippen LogP contribution in [0.5, 0.6) is 11.5 Å². The first-order valence-electron chi connectivity index (χ1n) is 9.52. The number of phenols is 1. The number of ether oxygens (including phenoxy) is 1. The van der Waals surface area contributed by atoms with Crippen LogP contribution in [0.15, 0.2) is 36.4 Å². The van der Waals surface area contributed by atoms with Gasteiger partial charge in [0.2, 0.25) is 0 Å². The van der Waals surface area contributed by atoms with Gasteiger partial charge in [0.15, 0.2) is 6.61 Å². The zero-order valence-corrected chi connectivity index (χ0v) is 16.2. The SMILES string of the molecule is Cc1ccc(C(=O)NCCc2ccc(OCC(=O)NC3CC3)cc2)c(O)c1C. The fourth-order valence-electron chi connectivity index (χ4n) is 2.80. The molecule has 1 fully saturated rings. The topological polar surface area (TPSA) is 87.7 Å². The van der Waals surface area contributed by atoms with Crippen LogP contribution in [-0.2, 0) is 11.2 Å². The highest BCUT2D eigenvalue weighted by Gasteiger charge is 2.23. The minimum absolute atomic E-state index is 0.0192. The molecule has 0 saturated heterocycles. The van der Waals surface area contributed by atoms with E-state index in [4.69, 9.17) is 4.74 Å². The molecular weight excluding hydrogens is 356 g/mol. The minimum Gasteiger partial charge on any atom is -0.507 e. The number of carbonyl (C=O) groups excluding carboxylic acids is 2. The Balaban J connectivity index is 1.44. The van der Waals surface area contributed by atoms with Crippen LogP contribution in [0.3, 0.4) is 0 Å². The maximum absolute atomic E-state index is 12.3. The van der Waals surface area contributed by atoms with Gasteiger partial charge in [0.1, 0.15) is 11.5 Å². The third-order valence-electron chi connectivity index (χ3n) is 4.88. The summed E-state index contributed by atoms with van der Waals surface area (Å²) in [5, 5.41) is 15.8. The molecule has 0 bridgehead atoms. The van der Waals surface area contributed by atoms with E-state index in [1.165, 1.54) is 0 Å². The number of amides is 2. The fourth-order valence-corrected chi connectivity index (χ4v) is 2.80. The molecule has 6 heteroatoms. The fraction of sp³-hybridized carbons (Fsp3) is 0.364. The standard InChI is InChI=1S/C22H26N2O4/c1-14-3-10-19(21(26)15(14)2)22(27)23-12-11-16-4-8-18(9-5-16)28-13-20(25)24-17-6-7-17/h3-5,8-10,17,26H,6-7,11-13H2,1-2H3,(H,23,27)(H,24,25). The summed E-state index contributed by atoms with van der Waals surface area (Å²) in [6, 6.07) is 11.3. The van der Waals surface area contributed by atoms with Crippen molar-refractivity contribution in [2.75, 3.05) is 13.2 Å². The number of aryl methyl sites for hydroxylation is 1. The van der Waals surface area contributed by atoms with Crippen molar-refractivity contribution < 1.29 is 19.4 Å². The summed E-state index contributed by atoms with van der Waals surface area (Å²) in [5.41, 5.74) is 2.99. The Hall–Kier alpha value is -3.02. The van der Waals surface area contributed by atoms with Crippen LogP contribution < -0.4 is 15.4 Å². The molecule has 0 unspecified atom stereocenters. The Morgan fingerprint density at radius 2 is 1.82 bits per heavy atom. The van der Waals surface area contributed by atoms with Crippen LogP contribution in [0, 0.1) is 13.8 Å². The Kier molecular flexibility index (Phi) is 6.19. The summed E-state index contributed by atoms with van der Waals surface area (Å²) in [4.78, 5) is 23.9. The Morgan fingerprint density at radius 1 is 1.11 bits per heavy atom. The Morgan fingerprint density at radius 3 is 2.50 bits per heavy atom. The van der Waals surface area contributed by atoms with Gasteiger partial charge in [0.05, 0.1) is 5.56 Å². The first-order valence-corrected chi connectivity index (χ1v) is 9.52. The third-order valence-corrected chi connectivity index (χ3v) is 4.88. The number of phenolic OH excluding ortho intramolecular Hbond substituents is 1. The normalized spacial score (nSPS) is 13.1. The van der Waals surface area contributed by atoms with E-state index in [0.29, 0.717) is 30.3 Å². The van der Waals surface area contributed by atoms with Crippen LogP contribution in [0.4, 0.5) is 0 Å². The number of benzene rings is 2. The molecule has 148 valence electrons. The highest BCUT2D eigenvalue weighted by atomic mass is 16.5. The lowest BCUT2D eigenvalue weighted by Gasteiger charge is -2.11. The van der Waals surface area contributed by atoms with Crippen LogP contribution in [0.25, 0.3) is 0 Å². The molecule has 3 rings (SSSR count). The lowest BCUT2D eigenvalue weighted by Crippen LogP contribution is -2.30. The smallest absolute Gasteiger partial charge is 0.258 e. The average molecular weight is 382 g/mol. The average Bonchev–Trinajstić information content (AvgIpc) is 3.49. The molecular formula is C22H26N2O4. The number of hydrogen-bond acceptors (Lipinski definition) is 4. The second-order valence-corrected chi connectivity index (χ2v) is 7.18. The van der Waals surface area contributed by atoms with Gasteiger partial charge in [-0.25, -0.2) is 0 Å². The van der Waals surface area contributed by atoms with Gasteiger partial charge < -0.3 is 20.5 Å². The Bertz CT molecular complexity index is 858. The van der Waals surface area contributed by atoms with Crippen molar-refractivity contribution in [3.8, 4) is 11.5 Å². The van der Waals surface area contributed by atoms with Gasteiger partial charge in [-0.1, -0.05) is 18.2 Å². The summed E-state index contributed by atoms with van der Waals surface area (Å²) >= 11 is 0. The molecule has 1 aliphatic rings. The zero-order chi connectivity index (χ0) is 20.1. The molecule has 0 aliphatic heterocycles. The van der Waals surface area contributed by atoms with Gasteiger partial charge in [0.25, 0.3) is 11.8 Å². The van der Waals surface area contributed by atoms with E-state index in [0.717, 1.165) is 24.0 Å². The quantitative estimate of drug-likeness (QED) is 0.655.